The molecule has 0 aliphatic carbocycles. The van der Waals surface area contributed by atoms with Crippen LogP contribution in [0.2, 0.25) is 0 Å². The molecule has 1 aliphatic rings. The Bertz CT molecular complexity index is 1130. The number of halogens is 3. The molecule has 0 radical (unpaired) electrons. The summed E-state index contributed by atoms with van der Waals surface area (Å²) in [6.45, 7) is 1.46. The van der Waals surface area contributed by atoms with E-state index >= 15 is 0 Å². The quantitative estimate of drug-likeness (QED) is 0.684. The van der Waals surface area contributed by atoms with E-state index in [0.29, 0.717) is 6.42 Å². The first-order valence-electron chi connectivity index (χ1n) is 10.2. The third-order valence-corrected chi connectivity index (χ3v) is 7.30. The van der Waals surface area contributed by atoms with Crippen LogP contribution in [0.1, 0.15) is 24.0 Å². The van der Waals surface area contributed by atoms with Crippen LogP contribution in [0.3, 0.4) is 0 Å². The number of amides is 2. The minimum Gasteiger partial charge on any atom is -0.335 e. The summed E-state index contributed by atoms with van der Waals surface area (Å²) in [5.74, 6) is -1.42. The van der Waals surface area contributed by atoms with Crippen molar-refractivity contribution in [1.82, 2.24) is 9.21 Å². The summed E-state index contributed by atoms with van der Waals surface area (Å²) in [5.41, 5.74) is -0.528. The second-order valence-corrected chi connectivity index (χ2v) is 9.76. The maximum atomic E-state index is 13.1. The van der Waals surface area contributed by atoms with Crippen LogP contribution >= 0.6 is 0 Å². The molecule has 1 N–H and O–H groups in total. The van der Waals surface area contributed by atoms with Crippen LogP contribution in [0, 0.1) is 6.92 Å². The van der Waals surface area contributed by atoms with Gasteiger partial charge in [-0.25, -0.2) is 8.42 Å². The number of aryl methyl sites for hydroxylation is 1. The second-order valence-electron chi connectivity index (χ2n) is 7.87. The number of carbonyl (C=O) groups excluding carboxylic acids is 2. The van der Waals surface area contributed by atoms with Crippen LogP contribution in [-0.2, 0) is 25.8 Å². The van der Waals surface area contributed by atoms with E-state index in [2.05, 4.69) is 5.32 Å². The van der Waals surface area contributed by atoms with Crippen LogP contribution in [0.5, 0.6) is 0 Å². The molecule has 1 fully saturated rings. The Morgan fingerprint density at radius 2 is 1.76 bits per heavy atom. The van der Waals surface area contributed by atoms with E-state index in [4.69, 9.17) is 0 Å². The molecule has 2 aromatic rings. The Balaban J connectivity index is 1.71. The molecule has 1 aliphatic heterocycles. The van der Waals surface area contributed by atoms with E-state index < -0.39 is 51.9 Å². The summed E-state index contributed by atoms with van der Waals surface area (Å²) >= 11 is 0. The molecule has 0 unspecified atom stereocenters. The molecular formula is C22H24F3N3O4S. The molecule has 1 saturated heterocycles. The van der Waals surface area contributed by atoms with Crippen molar-refractivity contribution in [1.29, 1.82) is 0 Å². The number of nitrogens with one attached hydrogen (secondary N) is 1. The third-order valence-electron chi connectivity index (χ3n) is 5.38. The smallest absolute Gasteiger partial charge is 0.335 e. The van der Waals surface area contributed by atoms with Crippen LogP contribution in [0.4, 0.5) is 18.9 Å². The Morgan fingerprint density at radius 1 is 1.12 bits per heavy atom. The lowest BCUT2D eigenvalue weighted by molar-refractivity contribution is -0.137. The minimum atomic E-state index is -4.65. The third kappa shape index (κ3) is 5.53. The van der Waals surface area contributed by atoms with Gasteiger partial charge in [-0.05, 0) is 44.0 Å². The van der Waals surface area contributed by atoms with E-state index in [1.807, 2.05) is 6.92 Å². The van der Waals surface area contributed by atoms with E-state index in [1.165, 1.54) is 31.3 Å². The number of rotatable bonds is 6. The molecule has 0 spiro atoms. The van der Waals surface area contributed by atoms with Gasteiger partial charge in [-0.3, -0.25) is 9.59 Å². The van der Waals surface area contributed by atoms with Gasteiger partial charge in [0, 0.05) is 13.6 Å². The predicted molar refractivity (Wildman–Crippen MR) is 116 cm³/mol. The Labute approximate surface area is 190 Å². The number of anilines is 1. The summed E-state index contributed by atoms with van der Waals surface area (Å²) in [4.78, 5) is 26.4. The first-order chi connectivity index (χ1) is 15.4. The predicted octanol–water partition coefficient (Wildman–Crippen LogP) is 3.26. The van der Waals surface area contributed by atoms with Gasteiger partial charge in [0.15, 0.2) is 0 Å². The maximum Gasteiger partial charge on any atom is 0.418 e. The molecule has 0 aromatic heterocycles. The number of sulfonamides is 1. The zero-order valence-corrected chi connectivity index (χ0v) is 18.9. The number of likely N-dealkylation sites (N-methyl/N-ethyl adjacent to an activating group) is 1. The van der Waals surface area contributed by atoms with Crippen molar-refractivity contribution >= 4 is 27.5 Å². The largest absolute Gasteiger partial charge is 0.418 e. The normalized spacial score (nSPS) is 17.1. The molecule has 2 aromatic carbocycles. The Kier molecular flexibility index (Phi) is 7.13. The SMILES string of the molecule is Cc1ccc(S(=O)(=O)N2CCC[C@H]2C(=O)N(C)CC(=O)Nc2ccccc2C(F)(F)F)cc1. The Hall–Kier alpha value is -2.92. The van der Waals surface area contributed by atoms with Crippen LogP contribution < -0.4 is 5.32 Å². The molecule has 178 valence electrons. The van der Waals surface area contributed by atoms with Crippen molar-refractivity contribution in [2.45, 2.75) is 36.9 Å². The first kappa shape index (κ1) is 24.7. The van der Waals surface area contributed by atoms with Gasteiger partial charge in [0.25, 0.3) is 0 Å². The molecule has 11 heteroatoms. The highest BCUT2D eigenvalue weighted by molar-refractivity contribution is 7.89. The molecule has 3 rings (SSSR count). The van der Waals surface area contributed by atoms with Gasteiger partial charge in [-0.2, -0.15) is 17.5 Å². The molecular weight excluding hydrogens is 459 g/mol. The zero-order chi connectivity index (χ0) is 24.4. The van der Waals surface area contributed by atoms with Crippen molar-refractivity contribution < 1.29 is 31.2 Å². The summed E-state index contributed by atoms with van der Waals surface area (Å²) in [6, 6.07) is 9.80. The molecule has 7 nitrogen and oxygen atoms in total. The minimum absolute atomic E-state index is 0.0666. The fraction of sp³-hybridized carbons (Fsp3) is 0.364. The fourth-order valence-electron chi connectivity index (χ4n) is 3.70. The number of hydrogen-bond acceptors (Lipinski definition) is 4. The number of hydrogen-bond donors (Lipinski definition) is 1. The average molecular weight is 484 g/mol. The lowest BCUT2D eigenvalue weighted by Crippen LogP contribution is -2.48. The number of nitrogens with zero attached hydrogens (tertiary/aromatic N) is 2. The molecule has 0 saturated carbocycles. The van der Waals surface area contributed by atoms with Gasteiger partial charge in [0.05, 0.1) is 22.7 Å². The summed E-state index contributed by atoms with van der Waals surface area (Å²) in [7, 11) is -2.61. The first-order valence-corrected chi connectivity index (χ1v) is 11.6. The van der Waals surface area contributed by atoms with Crippen molar-refractivity contribution in [3.63, 3.8) is 0 Å². The maximum absolute atomic E-state index is 13.1. The van der Waals surface area contributed by atoms with Gasteiger partial charge >= 0.3 is 6.18 Å². The summed E-state index contributed by atoms with van der Waals surface area (Å²) in [6.07, 6.45) is -3.90. The van der Waals surface area contributed by atoms with E-state index in [9.17, 15) is 31.2 Å². The summed E-state index contributed by atoms with van der Waals surface area (Å²) in [5, 5.41) is 2.18. The number of para-hydroxylation sites is 1. The highest BCUT2D eigenvalue weighted by Crippen LogP contribution is 2.34. The van der Waals surface area contributed by atoms with E-state index in [-0.39, 0.29) is 17.9 Å². The lowest BCUT2D eigenvalue weighted by Gasteiger charge is -2.27. The van der Waals surface area contributed by atoms with Crippen molar-refractivity contribution in [3.05, 3.63) is 59.7 Å². The second kappa shape index (κ2) is 9.52. The van der Waals surface area contributed by atoms with Gasteiger partial charge in [-0.15, -0.1) is 0 Å². The monoisotopic (exact) mass is 483 g/mol. The van der Waals surface area contributed by atoms with Gasteiger partial charge in [0.1, 0.15) is 6.04 Å². The number of benzene rings is 2. The van der Waals surface area contributed by atoms with Crippen LogP contribution in [0.15, 0.2) is 53.4 Å². The van der Waals surface area contributed by atoms with Gasteiger partial charge < -0.3 is 10.2 Å². The average Bonchev–Trinajstić information content (AvgIpc) is 3.24. The zero-order valence-electron chi connectivity index (χ0n) is 18.1. The molecule has 2 amide bonds. The lowest BCUT2D eigenvalue weighted by atomic mass is 10.1. The van der Waals surface area contributed by atoms with Gasteiger partial charge in [0.2, 0.25) is 21.8 Å². The topological polar surface area (TPSA) is 86.8 Å². The van der Waals surface area contributed by atoms with Crippen LogP contribution in [0.25, 0.3) is 0 Å². The van der Waals surface area contributed by atoms with Crippen LogP contribution in [-0.4, -0.2) is 55.6 Å². The summed E-state index contributed by atoms with van der Waals surface area (Å²) < 4.78 is 66.6. The Morgan fingerprint density at radius 3 is 2.39 bits per heavy atom. The molecule has 33 heavy (non-hydrogen) atoms. The van der Waals surface area contributed by atoms with Crippen molar-refractivity contribution in [3.8, 4) is 0 Å². The van der Waals surface area contributed by atoms with E-state index in [1.54, 1.807) is 12.1 Å². The fourth-order valence-corrected chi connectivity index (χ4v) is 5.35. The molecule has 1 atom stereocenters. The van der Waals surface area contributed by atoms with Crippen molar-refractivity contribution in [2.24, 2.45) is 0 Å². The van der Waals surface area contributed by atoms with Crippen molar-refractivity contribution in [2.75, 3.05) is 25.5 Å². The highest BCUT2D eigenvalue weighted by atomic mass is 32.2. The number of alkyl halides is 3. The molecule has 1 heterocycles. The number of carbonyl (C=O) groups is 2. The van der Waals surface area contributed by atoms with Gasteiger partial charge in [-0.1, -0.05) is 29.8 Å². The standard InChI is InChI=1S/C22H24F3N3O4S/c1-15-9-11-16(12-10-15)33(31,32)28-13-5-8-19(28)21(30)27(2)14-20(29)26-18-7-4-3-6-17(18)22(23,24)25/h3-4,6-7,9-12,19H,5,8,13-14H2,1-2H3,(H,26,29)/t19-/m0/s1. The molecule has 0 bridgehead atoms. The van der Waals surface area contributed by atoms with E-state index in [0.717, 1.165) is 26.9 Å². The highest BCUT2D eigenvalue weighted by Gasteiger charge is 2.41.